The standard InChI is InChI=1S/C36H33N3O8/c1-36(2,3)46-35(43)38-37-22-24-18-20-27(21-19-24)44-23-30(47-39-32(40)28-16-10-11-17-29(28)33(39)41)34(42)45-31(25-12-6-4-7-13-25)26-14-8-5-9-15-26/h4-22,30-31H,23H2,1-3H3,(H,38,43). The highest BCUT2D eigenvalue weighted by molar-refractivity contribution is 6.20. The van der Waals surface area contributed by atoms with Crippen LogP contribution in [0.1, 0.15) is 64.3 Å². The van der Waals surface area contributed by atoms with Crippen LogP contribution in [0, 0.1) is 0 Å². The number of carbonyl (C=O) groups is 4. The fourth-order valence-corrected chi connectivity index (χ4v) is 4.59. The van der Waals surface area contributed by atoms with Gasteiger partial charge >= 0.3 is 12.1 Å². The molecule has 11 nitrogen and oxygen atoms in total. The molecule has 1 unspecified atom stereocenters. The van der Waals surface area contributed by atoms with E-state index >= 15 is 0 Å². The van der Waals surface area contributed by atoms with E-state index in [2.05, 4.69) is 10.5 Å². The Bertz CT molecular complexity index is 1680. The van der Waals surface area contributed by atoms with Gasteiger partial charge in [-0.3, -0.25) is 9.59 Å². The van der Waals surface area contributed by atoms with Crippen LogP contribution in [0.3, 0.4) is 0 Å². The predicted octanol–water partition coefficient (Wildman–Crippen LogP) is 5.85. The van der Waals surface area contributed by atoms with Gasteiger partial charge in [0, 0.05) is 0 Å². The summed E-state index contributed by atoms with van der Waals surface area (Å²) < 4.78 is 17.0. The summed E-state index contributed by atoms with van der Waals surface area (Å²) in [7, 11) is 0. The molecule has 0 aliphatic carbocycles. The van der Waals surface area contributed by atoms with Crippen molar-refractivity contribution >= 4 is 30.1 Å². The van der Waals surface area contributed by atoms with Crippen molar-refractivity contribution in [3.63, 3.8) is 0 Å². The highest BCUT2D eigenvalue weighted by atomic mass is 16.7. The van der Waals surface area contributed by atoms with Gasteiger partial charge in [0.1, 0.15) is 18.0 Å². The number of hydrogen-bond donors (Lipinski definition) is 1. The Balaban J connectivity index is 1.32. The second kappa shape index (κ2) is 14.5. The third-order valence-electron chi connectivity index (χ3n) is 6.74. The van der Waals surface area contributed by atoms with Crippen LogP contribution in [0.5, 0.6) is 5.75 Å². The lowest BCUT2D eigenvalue weighted by Gasteiger charge is -2.25. The zero-order valence-electron chi connectivity index (χ0n) is 26.0. The van der Waals surface area contributed by atoms with Crippen molar-refractivity contribution < 1.29 is 38.2 Å². The number of nitrogens with one attached hydrogen (secondary N) is 1. The fraction of sp³-hybridized carbons (Fsp3) is 0.194. The molecule has 5 rings (SSSR count). The maximum atomic E-state index is 13.8. The van der Waals surface area contributed by atoms with E-state index < -0.39 is 48.3 Å². The number of ether oxygens (including phenoxy) is 3. The van der Waals surface area contributed by atoms with Crippen LogP contribution in [0.25, 0.3) is 0 Å². The number of benzene rings is 4. The highest BCUT2D eigenvalue weighted by Crippen LogP contribution is 2.28. The Morgan fingerprint density at radius 1 is 0.787 bits per heavy atom. The molecule has 4 aromatic rings. The first-order valence-electron chi connectivity index (χ1n) is 14.8. The number of hydroxylamine groups is 2. The molecule has 1 N–H and O–H groups in total. The highest BCUT2D eigenvalue weighted by Gasteiger charge is 2.40. The van der Waals surface area contributed by atoms with Gasteiger partial charge in [-0.05, 0) is 73.9 Å². The van der Waals surface area contributed by atoms with E-state index in [0.717, 1.165) is 0 Å². The molecule has 47 heavy (non-hydrogen) atoms. The molecule has 1 heterocycles. The summed E-state index contributed by atoms with van der Waals surface area (Å²) >= 11 is 0. The molecule has 0 saturated carbocycles. The number of hydrogen-bond acceptors (Lipinski definition) is 9. The first-order chi connectivity index (χ1) is 22.6. The normalized spacial score (nSPS) is 13.4. The molecule has 240 valence electrons. The Hall–Kier alpha value is -5.81. The number of carbonyl (C=O) groups excluding carboxylic acids is 4. The lowest BCUT2D eigenvalue weighted by Crippen LogP contribution is -2.42. The van der Waals surface area contributed by atoms with Gasteiger partial charge in [-0.15, -0.1) is 5.06 Å². The molecule has 3 amide bonds. The van der Waals surface area contributed by atoms with E-state index in [0.29, 0.717) is 27.5 Å². The lowest BCUT2D eigenvalue weighted by atomic mass is 10.0. The molecule has 0 fully saturated rings. The van der Waals surface area contributed by atoms with Crippen LogP contribution >= 0.6 is 0 Å². The van der Waals surface area contributed by atoms with E-state index in [9.17, 15) is 19.2 Å². The van der Waals surface area contributed by atoms with Crippen molar-refractivity contribution in [1.82, 2.24) is 10.5 Å². The van der Waals surface area contributed by atoms with Crippen LogP contribution in [0.15, 0.2) is 114 Å². The largest absolute Gasteiger partial charge is 0.490 e. The van der Waals surface area contributed by atoms with E-state index in [-0.39, 0.29) is 11.1 Å². The van der Waals surface area contributed by atoms with E-state index in [4.69, 9.17) is 19.0 Å². The summed E-state index contributed by atoms with van der Waals surface area (Å²) in [6, 6.07) is 31.2. The van der Waals surface area contributed by atoms with Crippen LogP contribution in [0.2, 0.25) is 0 Å². The van der Waals surface area contributed by atoms with Gasteiger partial charge < -0.3 is 14.2 Å². The Kier molecular flexibility index (Phi) is 10.1. The van der Waals surface area contributed by atoms with Crippen LogP contribution in [-0.2, 0) is 19.1 Å². The molecule has 0 spiro atoms. The summed E-state index contributed by atoms with van der Waals surface area (Å²) in [5, 5.41) is 4.44. The van der Waals surface area contributed by atoms with Crippen LogP contribution < -0.4 is 10.2 Å². The molecule has 0 bridgehead atoms. The van der Waals surface area contributed by atoms with Gasteiger partial charge in [0.25, 0.3) is 11.8 Å². The first-order valence-corrected chi connectivity index (χ1v) is 14.8. The second-order valence-electron chi connectivity index (χ2n) is 11.4. The molecule has 4 aromatic carbocycles. The van der Waals surface area contributed by atoms with Crippen molar-refractivity contribution in [2.24, 2.45) is 5.10 Å². The van der Waals surface area contributed by atoms with E-state index in [1.54, 1.807) is 57.2 Å². The van der Waals surface area contributed by atoms with E-state index in [1.807, 2.05) is 60.7 Å². The summed E-state index contributed by atoms with van der Waals surface area (Å²) in [5.74, 6) is -1.89. The number of fused-ring (bicyclic) bond motifs is 1. The number of amides is 3. The predicted molar refractivity (Wildman–Crippen MR) is 172 cm³/mol. The fourth-order valence-electron chi connectivity index (χ4n) is 4.59. The van der Waals surface area contributed by atoms with Gasteiger partial charge in [-0.2, -0.15) is 5.10 Å². The SMILES string of the molecule is CC(C)(C)OC(=O)NN=Cc1ccc(OCC(ON2C(=O)c3ccccc3C2=O)C(=O)OC(c2ccccc2)c2ccccc2)cc1. The number of esters is 1. The van der Waals surface area contributed by atoms with Crippen molar-refractivity contribution in [1.29, 1.82) is 0 Å². The quantitative estimate of drug-likeness (QED) is 0.0939. The van der Waals surface area contributed by atoms with Gasteiger partial charge in [-0.25, -0.2) is 19.9 Å². The minimum absolute atomic E-state index is 0.162. The van der Waals surface area contributed by atoms with Gasteiger partial charge in [-0.1, -0.05) is 72.8 Å². The molecular formula is C36H33N3O8. The topological polar surface area (TPSA) is 133 Å². The molecule has 0 aromatic heterocycles. The molecular weight excluding hydrogens is 602 g/mol. The van der Waals surface area contributed by atoms with Gasteiger partial charge in [0.2, 0.25) is 6.10 Å². The molecule has 1 aliphatic rings. The number of rotatable bonds is 11. The van der Waals surface area contributed by atoms with Crippen LogP contribution in [0.4, 0.5) is 4.79 Å². The van der Waals surface area contributed by atoms with Crippen molar-refractivity contribution in [2.45, 2.75) is 38.6 Å². The average Bonchev–Trinajstić information content (AvgIpc) is 3.30. The van der Waals surface area contributed by atoms with Gasteiger partial charge in [0.15, 0.2) is 6.10 Å². The lowest BCUT2D eigenvalue weighted by molar-refractivity contribution is -0.187. The van der Waals surface area contributed by atoms with Crippen molar-refractivity contribution in [2.75, 3.05) is 6.61 Å². The molecule has 1 atom stereocenters. The van der Waals surface area contributed by atoms with Crippen LogP contribution in [-0.4, -0.2) is 53.5 Å². The minimum Gasteiger partial charge on any atom is -0.490 e. The summed E-state index contributed by atoms with van der Waals surface area (Å²) in [6.07, 6.45) is -1.57. The maximum Gasteiger partial charge on any atom is 0.428 e. The first kappa shape index (κ1) is 32.6. The molecule has 11 heteroatoms. The minimum atomic E-state index is -1.51. The monoisotopic (exact) mass is 635 g/mol. The van der Waals surface area contributed by atoms with Gasteiger partial charge in [0.05, 0.1) is 17.3 Å². The average molecular weight is 636 g/mol. The zero-order valence-corrected chi connectivity index (χ0v) is 26.0. The number of nitrogens with zero attached hydrogens (tertiary/aromatic N) is 2. The maximum absolute atomic E-state index is 13.8. The molecule has 1 aliphatic heterocycles. The van der Waals surface area contributed by atoms with Crippen molar-refractivity contribution in [3.05, 3.63) is 137 Å². The zero-order chi connectivity index (χ0) is 33.4. The number of imide groups is 1. The molecule has 0 radical (unpaired) electrons. The Morgan fingerprint density at radius 3 is 1.85 bits per heavy atom. The van der Waals surface area contributed by atoms with Crippen molar-refractivity contribution in [3.8, 4) is 5.75 Å². The van der Waals surface area contributed by atoms with E-state index in [1.165, 1.54) is 18.3 Å². The summed E-state index contributed by atoms with van der Waals surface area (Å²) in [5.41, 5.74) is 4.03. The molecule has 0 saturated heterocycles. The summed E-state index contributed by atoms with van der Waals surface area (Å²) in [6.45, 7) is 4.84. The third kappa shape index (κ3) is 8.47. The second-order valence-corrected chi connectivity index (χ2v) is 11.4. The Labute approximate surface area is 271 Å². The smallest absolute Gasteiger partial charge is 0.428 e. The summed E-state index contributed by atoms with van der Waals surface area (Å²) in [4.78, 5) is 57.5. The number of hydrazone groups is 1. The Morgan fingerprint density at radius 2 is 1.32 bits per heavy atom. The third-order valence-corrected chi connectivity index (χ3v) is 6.74.